The van der Waals surface area contributed by atoms with E-state index < -0.39 is 12.7 Å². The van der Waals surface area contributed by atoms with Crippen molar-refractivity contribution >= 4 is 16.9 Å². The van der Waals surface area contributed by atoms with E-state index in [4.69, 9.17) is 0 Å². The molecule has 1 saturated heterocycles. The van der Waals surface area contributed by atoms with Crippen LogP contribution >= 0.6 is 0 Å². The molecule has 6 nitrogen and oxygen atoms in total. The van der Waals surface area contributed by atoms with Gasteiger partial charge in [-0.3, -0.25) is 9.58 Å². The average Bonchev–Trinajstić information content (AvgIpc) is 2.68. The second-order valence-electron chi connectivity index (χ2n) is 5.43. The van der Waals surface area contributed by atoms with Gasteiger partial charge in [0.2, 0.25) is 0 Å². The predicted octanol–water partition coefficient (Wildman–Crippen LogP) is 1.44. The Morgan fingerprint density at radius 3 is 2.73 bits per heavy atom. The Morgan fingerprint density at radius 2 is 1.95 bits per heavy atom. The molecule has 3 rings (SSSR count). The average molecular weight is 314 g/mol. The van der Waals surface area contributed by atoms with Gasteiger partial charge in [-0.1, -0.05) is 0 Å². The summed E-state index contributed by atoms with van der Waals surface area (Å²) in [5.74, 6) is 0.743. The van der Waals surface area contributed by atoms with Gasteiger partial charge >= 0.3 is 6.18 Å². The lowest BCUT2D eigenvalue weighted by Crippen LogP contribution is -2.37. The van der Waals surface area contributed by atoms with E-state index in [0.29, 0.717) is 32.6 Å². The fourth-order valence-corrected chi connectivity index (χ4v) is 2.80. The van der Waals surface area contributed by atoms with Crippen LogP contribution in [0.3, 0.4) is 0 Å². The molecule has 0 amide bonds. The number of rotatable bonds is 2. The molecule has 9 heteroatoms. The highest BCUT2D eigenvalue weighted by Gasteiger charge is 2.31. The molecule has 2 aromatic heterocycles. The number of aromatic nitrogens is 4. The Morgan fingerprint density at radius 1 is 1.14 bits per heavy atom. The summed E-state index contributed by atoms with van der Waals surface area (Å²) in [6.07, 6.45) is -0.316. The smallest absolute Gasteiger partial charge is 0.355 e. The highest BCUT2D eigenvalue weighted by molar-refractivity contribution is 5.86. The molecule has 0 atom stereocenters. The third-order valence-electron chi connectivity index (χ3n) is 3.80. The Kier molecular flexibility index (Phi) is 3.90. The molecule has 0 unspecified atom stereocenters. The van der Waals surface area contributed by atoms with E-state index in [2.05, 4.69) is 15.1 Å². The summed E-state index contributed by atoms with van der Waals surface area (Å²) < 4.78 is 39.2. The van der Waals surface area contributed by atoms with Crippen LogP contribution in [0, 0.1) is 0 Å². The lowest BCUT2D eigenvalue weighted by atomic mass is 10.3. The number of nitrogens with zero attached hydrogens (tertiary/aromatic N) is 6. The number of halogens is 3. The number of anilines is 1. The molecular weight excluding hydrogens is 297 g/mol. The third kappa shape index (κ3) is 3.13. The first-order valence-corrected chi connectivity index (χ1v) is 7.11. The molecule has 0 aromatic carbocycles. The van der Waals surface area contributed by atoms with Gasteiger partial charge in [0.1, 0.15) is 12.1 Å². The van der Waals surface area contributed by atoms with Gasteiger partial charge in [0.05, 0.1) is 18.1 Å². The molecule has 0 radical (unpaired) electrons. The molecule has 1 aliphatic rings. The third-order valence-corrected chi connectivity index (χ3v) is 3.80. The van der Waals surface area contributed by atoms with Crippen molar-refractivity contribution < 1.29 is 13.2 Å². The SMILES string of the molecule is Cn1ncc2c(N3CCCN(CC(F)(F)F)CC3)ncnc21. The van der Waals surface area contributed by atoms with Crippen LogP contribution in [0.1, 0.15) is 6.42 Å². The van der Waals surface area contributed by atoms with Crippen molar-refractivity contribution in [2.24, 2.45) is 7.05 Å². The van der Waals surface area contributed by atoms with E-state index in [9.17, 15) is 13.2 Å². The van der Waals surface area contributed by atoms with Crippen LogP contribution in [0.4, 0.5) is 19.0 Å². The summed E-state index contributed by atoms with van der Waals surface area (Å²) in [5.41, 5.74) is 0.724. The van der Waals surface area contributed by atoms with E-state index in [0.717, 1.165) is 16.9 Å². The van der Waals surface area contributed by atoms with Crippen molar-refractivity contribution in [1.29, 1.82) is 0 Å². The Labute approximate surface area is 125 Å². The molecular formula is C13H17F3N6. The molecule has 2 aromatic rings. The first-order valence-electron chi connectivity index (χ1n) is 7.11. The number of alkyl halides is 3. The second kappa shape index (κ2) is 5.71. The molecule has 0 aliphatic carbocycles. The summed E-state index contributed by atoms with van der Waals surface area (Å²) >= 11 is 0. The summed E-state index contributed by atoms with van der Waals surface area (Å²) in [4.78, 5) is 12.0. The monoisotopic (exact) mass is 314 g/mol. The molecule has 1 fully saturated rings. The lowest BCUT2D eigenvalue weighted by molar-refractivity contribution is -0.145. The van der Waals surface area contributed by atoms with Gasteiger partial charge in [0.25, 0.3) is 0 Å². The first kappa shape index (κ1) is 15.0. The van der Waals surface area contributed by atoms with Gasteiger partial charge in [-0.15, -0.1) is 0 Å². The number of hydrogen-bond acceptors (Lipinski definition) is 5. The lowest BCUT2D eigenvalue weighted by Gasteiger charge is -2.23. The summed E-state index contributed by atoms with van der Waals surface area (Å²) in [6, 6.07) is 0. The topological polar surface area (TPSA) is 50.1 Å². The van der Waals surface area contributed by atoms with E-state index in [1.54, 1.807) is 17.9 Å². The van der Waals surface area contributed by atoms with Crippen LogP contribution in [0.2, 0.25) is 0 Å². The Balaban J connectivity index is 1.78. The van der Waals surface area contributed by atoms with Gasteiger partial charge in [0.15, 0.2) is 5.65 Å². The van der Waals surface area contributed by atoms with Crippen LogP contribution < -0.4 is 4.90 Å². The maximum Gasteiger partial charge on any atom is 0.401 e. The zero-order valence-corrected chi connectivity index (χ0v) is 12.2. The van der Waals surface area contributed by atoms with Crippen molar-refractivity contribution in [3.8, 4) is 0 Å². The minimum Gasteiger partial charge on any atom is -0.355 e. The van der Waals surface area contributed by atoms with E-state index in [1.807, 2.05) is 4.90 Å². The number of hydrogen-bond donors (Lipinski definition) is 0. The minimum atomic E-state index is -4.15. The Bertz CT molecular complexity index is 653. The molecule has 0 spiro atoms. The van der Waals surface area contributed by atoms with Crippen molar-refractivity contribution in [1.82, 2.24) is 24.6 Å². The van der Waals surface area contributed by atoms with Crippen LogP contribution in [0.25, 0.3) is 11.0 Å². The van der Waals surface area contributed by atoms with E-state index in [1.165, 1.54) is 11.2 Å². The normalized spacial score (nSPS) is 17.9. The standard InChI is InChI=1S/C13H17F3N6/c1-20-11-10(7-19-20)12(18-9-17-11)22-4-2-3-21(5-6-22)8-13(14,15)16/h7,9H,2-6,8H2,1H3. The maximum atomic E-state index is 12.5. The molecule has 0 bridgehead atoms. The largest absolute Gasteiger partial charge is 0.401 e. The van der Waals surface area contributed by atoms with E-state index in [-0.39, 0.29) is 0 Å². The zero-order valence-electron chi connectivity index (χ0n) is 12.2. The van der Waals surface area contributed by atoms with Crippen molar-refractivity contribution in [2.75, 3.05) is 37.6 Å². The van der Waals surface area contributed by atoms with Gasteiger partial charge in [-0.2, -0.15) is 18.3 Å². The van der Waals surface area contributed by atoms with Crippen molar-refractivity contribution in [2.45, 2.75) is 12.6 Å². The van der Waals surface area contributed by atoms with Crippen LogP contribution in [-0.2, 0) is 7.05 Å². The quantitative estimate of drug-likeness (QED) is 0.839. The highest BCUT2D eigenvalue weighted by atomic mass is 19.4. The summed E-state index contributed by atoms with van der Waals surface area (Å²) in [7, 11) is 1.80. The maximum absolute atomic E-state index is 12.5. The van der Waals surface area contributed by atoms with Crippen LogP contribution in [0.15, 0.2) is 12.5 Å². The van der Waals surface area contributed by atoms with Gasteiger partial charge in [-0.05, 0) is 6.42 Å². The number of aryl methyl sites for hydroxylation is 1. The number of fused-ring (bicyclic) bond motifs is 1. The van der Waals surface area contributed by atoms with Crippen molar-refractivity contribution in [3.63, 3.8) is 0 Å². The highest BCUT2D eigenvalue weighted by Crippen LogP contribution is 2.24. The molecule has 0 N–H and O–H groups in total. The van der Waals surface area contributed by atoms with E-state index >= 15 is 0 Å². The van der Waals surface area contributed by atoms with Crippen LogP contribution in [0.5, 0.6) is 0 Å². The fraction of sp³-hybridized carbons (Fsp3) is 0.615. The predicted molar refractivity (Wildman–Crippen MR) is 75.6 cm³/mol. The summed E-state index contributed by atoms with van der Waals surface area (Å²) in [6.45, 7) is 1.14. The molecule has 3 heterocycles. The summed E-state index contributed by atoms with van der Waals surface area (Å²) in [5, 5.41) is 4.99. The van der Waals surface area contributed by atoms with Crippen molar-refractivity contribution in [3.05, 3.63) is 12.5 Å². The molecule has 1 aliphatic heterocycles. The molecule has 22 heavy (non-hydrogen) atoms. The Hall–Kier alpha value is -1.90. The first-order chi connectivity index (χ1) is 10.4. The molecule has 120 valence electrons. The fourth-order valence-electron chi connectivity index (χ4n) is 2.80. The van der Waals surface area contributed by atoms with Gasteiger partial charge in [0, 0.05) is 33.2 Å². The molecule has 0 saturated carbocycles. The zero-order chi connectivity index (χ0) is 15.7. The van der Waals surface area contributed by atoms with Gasteiger partial charge in [-0.25, -0.2) is 9.97 Å². The second-order valence-corrected chi connectivity index (χ2v) is 5.43. The van der Waals surface area contributed by atoms with Crippen LogP contribution in [-0.4, -0.2) is 63.5 Å². The minimum absolute atomic E-state index is 0.366. The van der Waals surface area contributed by atoms with Gasteiger partial charge < -0.3 is 4.90 Å².